The summed E-state index contributed by atoms with van der Waals surface area (Å²) < 4.78 is 52.1. The van der Waals surface area contributed by atoms with Gasteiger partial charge in [-0.1, -0.05) is 18.2 Å². The average Bonchev–Trinajstić information content (AvgIpc) is 3.49. The van der Waals surface area contributed by atoms with Crippen LogP contribution in [0.2, 0.25) is 0 Å². The first-order chi connectivity index (χ1) is 16.9. The summed E-state index contributed by atoms with van der Waals surface area (Å²) in [5.74, 6) is -4.69. The number of alkyl halides is 3. The number of aliphatic hydroxyl groups excluding tert-OH is 1. The maximum atomic E-state index is 13.4. The van der Waals surface area contributed by atoms with E-state index in [1.165, 1.54) is 28.8 Å². The fourth-order valence-corrected chi connectivity index (χ4v) is 5.06. The minimum atomic E-state index is -4.65. The number of rotatable bonds is 4. The van der Waals surface area contributed by atoms with Crippen molar-refractivity contribution < 1.29 is 52.0 Å². The SMILES string of the molecule is NC1=[NH+][C@H]2[C@H](CO)NC(N)=[N+]3C[C@H](OC(=O)c4ccc(-c5ccccc5C(F)(F)F)o4)C(O)(O)[C@]23N1. The summed E-state index contributed by atoms with van der Waals surface area (Å²) in [5.41, 5.74) is 8.86. The Balaban J connectivity index is 1.43. The van der Waals surface area contributed by atoms with Crippen molar-refractivity contribution in [2.24, 2.45) is 11.5 Å². The smallest absolute Gasteiger partial charge is 0.417 e. The van der Waals surface area contributed by atoms with Crippen molar-refractivity contribution in [1.82, 2.24) is 10.6 Å². The molecule has 0 aliphatic carbocycles. The zero-order valence-electron chi connectivity index (χ0n) is 18.4. The number of carbonyl (C=O) groups is 1. The molecule has 3 aliphatic heterocycles. The Hall–Kier alpha value is -3.82. The van der Waals surface area contributed by atoms with Crippen LogP contribution in [0.15, 0.2) is 40.8 Å². The fraction of sp³-hybridized carbons (Fsp3) is 0.381. The molecule has 1 spiro atoms. The van der Waals surface area contributed by atoms with Crippen LogP contribution in [0.3, 0.4) is 0 Å². The summed E-state index contributed by atoms with van der Waals surface area (Å²) in [6.45, 7) is -0.753. The van der Waals surface area contributed by atoms with Crippen LogP contribution in [0.25, 0.3) is 11.3 Å². The molecule has 4 heterocycles. The Morgan fingerprint density at radius 2 is 1.97 bits per heavy atom. The summed E-state index contributed by atoms with van der Waals surface area (Å²) in [6, 6.07) is 5.29. The molecular weight excluding hydrogens is 489 g/mol. The molecule has 0 unspecified atom stereocenters. The van der Waals surface area contributed by atoms with Crippen molar-refractivity contribution in [2.75, 3.05) is 13.2 Å². The highest BCUT2D eigenvalue weighted by Gasteiger charge is 2.79. The highest BCUT2D eigenvalue weighted by molar-refractivity contribution is 5.87. The summed E-state index contributed by atoms with van der Waals surface area (Å²) in [6.07, 6.45) is -6.26. The van der Waals surface area contributed by atoms with Crippen molar-refractivity contribution in [3.05, 3.63) is 47.7 Å². The van der Waals surface area contributed by atoms with Gasteiger partial charge >= 0.3 is 29.7 Å². The average molecular weight is 512 g/mol. The van der Waals surface area contributed by atoms with Crippen molar-refractivity contribution >= 4 is 17.9 Å². The molecule has 0 radical (unpaired) electrons. The number of benzene rings is 1. The third kappa shape index (κ3) is 3.30. The van der Waals surface area contributed by atoms with Crippen LogP contribution < -0.4 is 27.1 Å². The molecule has 0 amide bonds. The van der Waals surface area contributed by atoms with Gasteiger partial charge in [0.15, 0.2) is 12.1 Å². The van der Waals surface area contributed by atoms with Gasteiger partial charge in [-0.3, -0.25) is 21.8 Å². The molecule has 0 saturated carbocycles. The van der Waals surface area contributed by atoms with E-state index in [1.54, 1.807) is 0 Å². The highest BCUT2D eigenvalue weighted by atomic mass is 19.4. The molecule has 192 valence electrons. The van der Waals surface area contributed by atoms with E-state index in [0.717, 1.165) is 12.1 Å². The van der Waals surface area contributed by atoms with E-state index in [1.807, 2.05) is 0 Å². The van der Waals surface area contributed by atoms with Crippen LogP contribution in [0.5, 0.6) is 0 Å². The van der Waals surface area contributed by atoms with Crippen molar-refractivity contribution in [3.8, 4) is 11.3 Å². The molecule has 2 aromatic rings. The van der Waals surface area contributed by atoms with E-state index >= 15 is 0 Å². The van der Waals surface area contributed by atoms with Gasteiger partial charge in [0.2, 0.25) is 5.76 Å². The number of guanidine groups is 2. The number of hydrogen-bond acceptors (Lipinski definition) is 10. The Labute approximate surface area is 200 Å². The summed E-state index contributed by atoms with van der Waals surface area (Å²) in [4.78, 5) is 15.7. The van der Waals surface area contributed by atoms with Gasteiger partial charge in [-0.25, -0.2) is 14.7 Å². The second-order valence-corrected chi connectivity index (χ2v) is 8.68. The monoisotopic (exact) mass is 512 g/mol. The van der Waals surface area contributed by atoms with Gasteiger partial charge in [-0.05, 0) is 18.2 Å². The molecule has 1 fully saturated rings. The number of nitrogens with two attached hydrogens (primary N) is 2. The third-order valence-electron chi connectivity index (χ3n) is 6.65. The number of aliphatic hydroxyl groups is 3. The van der Waals surface area contributed by atoms with E-state index in [4.69, 9.17) is 20.6 Å². The van der Waals surface area contributed by atoms with Gasteiger partial charge in [0, 0.05) is 5.56 Å². The van der Waals surface area contributed by atoms with E-state index in [2.05, 4.69) is 15.6 Å². The number of furan rings is 1. The molecular formula is C21H23F3N6O6+2. The lowest BCUT2D eigenvalue weighted by molar-refractivity contribution is -0.674. The summed E-state index contributed by atoms with van der Waals surface area (Å²) in [7, 11) is 0. The Morgan fingerprint density at radius 1 is 1.25 bits per heavy atom. The Morgan fingerprint density at radius 3 is 2.67 bits per heavy atom. The van der Waals surface area contributed by atoms with Crippen molar-refractivity contribution in [1.29, 1.82) is 0 Å². The first-order valence-electron chi connectivity index (χ1n) is 10.8. The van der Waals surface area contributed by atoms with Crippen molar-refractivity contribution in [2.45, 2.75) is 35.8 Å². The van der Waals surface area contributed by atoms with Gasteiger partial charge in [0.05, 0.1) is 12.2 Å². The lowest BCUT2D eigenvalue weighted by Gasteiger charge is -2.40. The van der Waals surface area contributed by atoms with E-state index in [9.17, 15) is 33.3 Å². The van der Waals surface area contributed by atoms with Crippen LogP contribution >= 0.6 is 0 Å². The predicted molar refractivity (Wildman–Crippen MR) is 114 cm³/mol. The minimum absolute atomic E-state index is 0.0293. The highest BCUT2D eigenvalue weighted by Crippen LogP contribution is 2.40. The molecule has 15 heteroatoms. The molecule has 1 saturated heterocycles. The fourth-order valence-electron chi connectivity index (χ4n) is 5.06. The molecule has 4 atom stereocenters. The topological polar surface area (TPSA) is 193 Å². The number of nitrogens with one attached hydrogen (secondary N) is 3. The lowest BCUT2D eigenvalue weighted by Crippen LogP contribution is -2.91. The minimum Gasteiger partial charge on any atom is -0.449 e. The van der Waals surface area contributed by atoms with Gasteiger partial charge in [0.25, 0.3) is 5.79 Å². The van der Waals surface area contributed by atoms with E-state index in [-0.39, 0.29) is 29.8 Å². The third-order valence-corrected chi connectivity index (χ3v) is 6.65. The van der Waals surface area contributed by atoms with Crippen molar-refractivity contribution in [3.63, 3.8) is 0 Å². The number of hydrogen-bond donors (Lipinski definition) is 8. The number of halogens is 3. The lowest BCUT2D eigenvalue weighted by atomic mass is 9.86. The maximum absolute atomic E-state index is 13.4. The van der Waals surface area contributed by atoms with Gasteiger partial charge in [-0.2, -0.15) is 13.2 Å². The quantitative estimate of drug-likeness (QED) is 0.116. The number of esters is 1. The molecule has 10 N–H and O–H groups in total. The zero-order chi connectivity index (χ0) is 26.0. The summed E-state index contributed by atoms with van der Waals surface area (Å²) >= 11 is 0. The normalized spacial score (nSPS) is 28.6. The van der Waals surface area contributed by atoms with Gasteiger partial charge in [0.1, 0.15) is 18.3 Å². The molecule has 36 heavy (non-hydrogen) atoms. The molecule has 5 rings (SSSR count). The van der Waals surface area contributed by atoms with Crippen LogP contribution in [0.1, 0.15) is 16.1 Å². The number of ether oxygens (including phenoxy) is 1. The van der Waals surface area contributed by atoms with Gasteiger partial charge in [-0.15, -0.1) is 0 Å². The predicted octanol–water partition coefficient (Wildman–Crippen LogP) is -3.46. The van der Waals surface area contributed by atoms with Crippen LogP contribution in [-0.4, -0.2) is 80.6 Å². The standard InChI is InChI=1S/C21H21F3N6O6/c22-21(23,24)10-4-2-1-3-9(10)12-5-6-13(35-12)16(32)36-14-7-30-18(26)27-11(8-31)15-19(30,20(14,33)34)29-17(25)28-15/h1-6,11,14-15,31,33-34H,7-8H2,(H5,25,26,27,28,29)/p+2/t11-,14-,15-,19-/m0/s1. The van der Waals surface area contributed by atoms with E-state index in [0.29, 0.717) is 0 Å². The van der Waals surface area contributed by atoms with Crippen LogP contribution in [-0.2, 0) is 10.9 Å². The molecule has 3 aliphatic rings. The van der Waals surface area contributed by atoms with Crippen LogP contribution in [0, 0.1) is 0 Å². The summed E-state index contributed by atoms with van der Waals surface area (Å²) in [5, 5.41) is 37.7. The zero-order valence-corrected chi connectivity index (χ0v) is 18.4. The second-order valence-electron chi connectivity index (χ2n) is 8.68. The Bertz CT molecular complexity index is 1290. The van der Waals surface area contributed by atoms with Gasteiger partial charge < -0.3 is 24.5 Å². The molecule has 1 aromatic carbocycles. The van der Waals surface area contributed by atoms with Crippen LogP contribution in [0.4, 0.5) is 13.2 Å². The number of carbonyl (C=O) groups excluding carboxylic acids is 1. The van der Waals surface area contributed by atoms with E-state index < -0.39 is 59.7 Å². The second kappa shape index (κ2) is 7.84. The molecule has 0 bridgehead atoms. The maximum Gasteiger partial charge on any atom is 0.417 e. The molecule has 1 aromatic heterocycles. The first kappa shape index (κ1) is 23.9. The largest absolute Gasteiger partial charge is 0.449 e. The Kier molecular flexibility index (Phi) is 5.21. The number of nitrogens with zero attached hydrogens (tertiary/aromatic N) is 1. The molecule has 12 nitrogen and oxygen atoms in total. The first-order valence-corrected chi connectivity index (χ1v) is 10.8.